The lowest BCUT2D eigenvalue weighted by Gasteiger charge is -2.47. The second-order valence-electron chi connectivity index (χ2n) is 12.4. The number of anilines is 1. The molecule has 11 heteroatoms. The van der Waals surface area contributed by atoms with Crippen LogP contribution in [0, 0.1) is 25.6 Å². The van der Waals surface area contributed by atoms with E-state index in [1.54, 1.807) is 38.1 Å². The van der Waals surface area contributed by atoms with Gasteiger partial charge in [-0.05, 0) is 75.6 Å². The monoisotopic (exact) mass is 619 g/mol. The van der Waals surface area contributed by atoms with Gasteiger partial charge >= 0.3 is 5.97 Å². The van der Waals surface area contributed by atoms with Crippen LogP contribution in [-0.4, -0.2) is 74.8 Å². The van der Waals surface area contributed by atoms with Gasteiger partial charge in [0.15, 0.2) is 0 Å². The van der Waals surface area contributed by atoms with E-state index in [0.29, 0.717) is 72.7 Å². The number of carbonyl (C=O) groups excluding carboxylic acids is 1. The number of carbonyl (C=O) groups is 2. The van der Waals surface area contributed by atoms with Crippen molar-refractivity contribution in [3.05, 3.63) is 75.9 Å². The summed E-state index contributed by atoms with van der Waals surface area (Å²) in [6.07, 6.45) is 2.91. The number of halogens is 2. The zero-order chi connectivity index (χ0) is 31.3. The highest BCUT2D eigenvalue weighted by atomic mass is 35.5. The van der Waals surface area contributed by atoms with Crippen LogP contribution in [0.15, 0.2) is 42.6 Å². The van der Waals surface area contributed by atoms with Gasteiger partial charge in [-0.3, -0.25) is 4.79 Å². The van der Waals surface area contributed by atoms with Gasteiger partial charge in [0.25, 0.3) is 5.91 Å². The third-order valence-corrected chi connectivity index (χ3v) is 9.03. The van der Waals surface area contributed by atoms with Crippen molar-refractivity contribution in [3.8, 4) is 11.1 Å². The number of piperazine rings is 1. The number of carboxylic acid groups (broad SMARTS) is 1. The number of aromatic nitrogens is 3. The van der Waals surface area contributed by atoms with Crippen LogP contribution in [0.2, 0.25) is 5.02 Å². The number of nitrogens with zero attached hydrogens (tertiary/aromatic N) is 5. The molecule has 2 aliphatic rings. The first-order valence-electron chi connectivity index (χ1n) is 14.7. The quantitative estimate of drug-likeness (QED) is 0.283. The molecule has 2 fully saturated rings. The van der Waals surface area contributed by atoms with Crippen molar-refractivity contribution < 1.29 is 23.8 Å². The van der Waals surface area contributed by atoms with Gasteiger partial charge in [0, 0.05) is 55.9 Å². The molecular weight excluding hydrogens is 585 g/mol. The van der Waals surface area contributed by atoms with Gasteiger partial charge in [-0.25, -0.2) is 19.2 Å². The molecule has 0 radical (unpaired) electrons. The van der Waals surface area contributed by atoms with Gasteiger partial charge in [-0.1, -0.05) is 17.7 Å². The van der Waals surface area contributed by atoms with Gasteiger partial charge in [0.2, 0.25) is 0 Å². The molecule has 9 nitrogen and oxygen atoms in total. The van der Waals surface area contributed by atoms with Gasteiger partial charge < -0.3 is 24.2 Å². The Balaban J connectivity index is 1.30. The summed E-state index contributed by atoms with van der Waals surface area (Å²) in [5.41, 5.74) is 3.29. The fourth-order valence-electron chi connectivity index (χ4n) is 6.48. The van der Waals surface area contributed by atoms with Crippen molar-refractivity contribution in [2.45, 2.75) is 46.2 Å². The third kappa shape index (κ3) is 5.52. The van der Waals surface area contributed by atoms with E-state index < -0.39 is 17.3 Å². The lowest BCUT2D eigenvalue weighted by Crippen LogP contribution is -2.61. The normalized spacial score (nSPS) is 18.3. The molecule has 0 unspecified atom stereocenters. The Bertz CT molecular complexity index is 1760. The highest BCUT2D eigenvalue weighted by Gasteiger charge is 2.38. The Hall–Kier alpha value is -4.02. The van der Waals surface area contributed by atoms with Crippen LogP contribution in [0.5, 0.6) is 0 Å². The van der Waals surface area contributed by atoms with Gasteiger partial charge in [-0.15, -0.1) is 0 Å². The Morgan fingerprint density at radius 2 is 1.93 bits per heavy atom. The molecule has 0 aliphatic carbocycles. The number of carboxylic acids is 1. The molecule has 5 heterocycles. The molecule has 0 bridgehead atoms. The highest BCUT2D eigenvalue weighted by Crippen LogP contribution is 2.34. The van der Waals surface area contributed by atoms with Crippen LogP contribution in [0.4, 0.5) is 10.2 Å². The average Bonchev–Trinajstić information content (AvgIpc) is 3.61. The van der Waals surface area contributed by atoms with Crippen molar-refractivity contribution in [1.29, 1.82) is 0 Å². The molecule has 1 aromatic carbocycles. The predicted molar refractivity (Wildman–Crippen MR) is 167 cm³/mol. The SMILES string of the molecule is Cc1cc(N2CCN(C(=O)c3ccc4c(-c5ccc(Cl)c(F)c5)cn(C[C@@H]5CCOC5)c4n3)C(C)(C)C2)nc(C)c1C(=O)O. The number of aromatic carboxylic acids is 1. The van der Waals surface area contributed by atoms with Gasteiger partial charge in [-0.2, -0.15) is 0 Å². The van der Waals surface area contributed by atoms with Crippen LogP contribution >= 0.6 is 11.6 Å². The lowest BCUT2D eigenvalue weighted by molar-refractivity contribution is 0.0507. The molecule has 2 saturated heterocycles. The largest absolute Gasteiger partial charge is 0.478 e. The minimum atomic E-state index is -0.991. The maximum absolute atomic E-state index is 14.4. The summed E-state index contributed by atoms with van der Waals surface area (Å²) in [5, 5.41) is 10.4. The highest BCUT2D eigenvalue weighted by molar-refractivity contribution is 6.30. The Labute approximate surface area is 260 Å². The minimum Gasteiger partial charge on any atom is -0.478 e. The maximum atomic E-state index is 14.4. The lowest BCUT2D eigenvalue weighted by atomic mass is 9.97. The van der Waals surface area contributed by atoms with E-state index in [1.807, 2.05) is 35.6 Å². The predicted octanol–water partition coefficient (Wildman–Crippen LogP) is 5.98. The van der Waals surface area contributed by atoms with Crippen LogP contribution < -0.4 is 4.90 Å². The van der Waals surface area contributed by atoms with Crippen molar-refractivity contribution in [1.82, 2.24) is 19.4 Å². The van der Waals surface area contributed by atoms with Crippen molar-refractivity contribution in [2.24, 2.45) is 5.92 Å². The Morgan fingerprint density at radius 1 is 1.14 bits per heavy atom. The number of rotatable bonds is 6. The molecule has 1 amide bonds. The van der Waals surface area contributed by atoms with E-state index in [-0.39, 0.29) is 16.5 Å². The molecule has 2 aliphatic heterocycles. The average molecular weight is 620 g/mol. The zero-order valence-corrected chi connectivity index (χ0v) is 26.0. The van der Waals surface area contributed by atoms with E-state index in [1.165, 1.54) is 6.07 Å². The summed E-state index contributed by atoms with van der Waals surface area (Å²) in [6.45, 7) is 11.1. The smallest absolute Gasteiger partial charge is 0.337 e. The first kappa shape index (κ1) is 30.0. The molecule has 6 rings (SSSR count). The van der Waals surface area contributed by atoms with Crippen molar-refractivity contribution in [3.63, 3.8) is 0 Å². The molecule has 230 valence electrons. The fourth-order valence-corrected chi connectivity index (χ4v) is 6.60. The number of hydrogen-bond donors (Lipinski definition) is 1. The summed E-state index contributed by atoms with van der Waals surface area (Å²) >= 11 is 5.96. The molecule has 3 aromatic heterocycles. The maximum Gasteiger partial charge on any atom is 0.337 e. The van der Waals surface area contributed by atoms with Crippen LogP contribution in [0.1, 0.15) is 52.4 Å². The number of pyridine rings is 2. The molecule has 1 N–H and O–H groups in total. The Morgan fingerprint density at radius 3 is 2.59 bits per heavy atom. The summed E-state index contributed by atoms with van der Waals surface area (Å²) in [7, 11) is 0. The fraction of sp³-hybridized carbons (Fsp3) is 0.394. The molecule has 44 heavy (non-hydrogen) atoms. The van der Waals surface area contributed by atoms with E-state index in [9.17, 15) is 19.1 Å². The molecular formula is C33H35ClFN5O4. The van der Waals surface area contributed by atoms with E-state index >= 15 is 0 Å². The first-order valence-corrected chi connectivity index (χ1v) is 15.1. The van der Waals surface area contributed by atoms with Crippen LogP contribution in [0.25, 0.3) is 22.2 Å². The number of benzene rings is 1. The minimum absolute atomic E-state index is 0.0626. The first-order chi connectivity index (χ1) is 20.9. The summed E-state index contributed by atoms with van der Waals surface area (Å²) < 4.78 is 22.1. The van der Waals surface area contributed by atoms with Crippen molar-refractivity contribution in [2.75, 3.05) is 37.7 Å². The van der Waals surface area contributed by atoms with Crippen LogP contribution in [0.3, 0.4) is 0 Å². The molecule has 0 spiro atoms. The second-order valence-corrected chi connectivity index (χ2v) is 12.8. The van der Waals surface area contributed by atoms with Gasteiger partial charge in [0.05, 0.1) is 28.4 Å². The number of amides is 1. The zero-order valence-electron chi connectivity index (χ0n) is 25.2. The summed E-state index contributed by atoms with van der Waals surface area (Å²) in [6, 6.07) is 10.2. The Kier molecular flexibility index (Phi) is 7.83. The number of ether oxygens (including phenoxy) is 1. The standard InChI is InChI=1S/C33H35ClFN5O4/c1-19-13-28(36-20(2)29(19)32(42)43)38-10-11-40(33(3,4)18-38)31(41)27-8-6-23-24(22-5-7-25(34)26(35)14-22)16-39(30(23)37-27)15-21-9-12-44-17-21/h5-8,13-14,16,21H,9-12,15,17-18H2,1-4H3,(H,42,43)/t21-/m0/s1. The summed E-state index contributed by atoms with van der Waals surface area (Å²) in [4.78, 5) is 39.1. The molecule has 0 saturated carbocycles. The second kappa shape index (κ2) is 11.5. The van der Waals surface area contributed by atoms with Crippen LogP contribution in [-0.2, 0) is 11.3 Å². The van der Waals surface area contributed by atoms with E-state index in [0.717, 1.165) is 24.0 Å². The number of fused-ring (bicyclic) bond motifs is 1. The van der Waals surface area contributed by atoms with Crippen molar-refractivity contribution >= 4 is 40.3 Å². The summed E-state index contributed by atoms with van der Waals surface area (Å²) in [5.74, 6) is -0.638. The number of hydrogen-bond acceptors (Lipinski definition) is 6. The van der Waals surface area contributed by atoms with E-state index in [4.69, 9.17) is 21.3 Å². The molecule has 1 atom stereocenters. The topological polar surface area (TPSA) is 101 Å². The van der Waals surface area contributed by atoms with E-state index in [2.05, 4.69) is 9.88 Å². The third-order valence-electron chi connectivity index (χ3n) is 8.72. The molecule has 4 aromatic rings. The number of aryl methyl sites for hydroxylation is 2. The van der Waals surface area contributed by atoms with Gasteiger partial charge in [0.1, 0.15) is 23.0 Å².